The van der Waals surface area contributed by atoms with Gasteiger partial charge in [0.1, 0.15) is 0 Å². The molecule has 142 valence electrons. The molecule has 0 spiro atoms. The summed E-state index contributed by atoms with van der Waals surface area (Å²) >= 11 is 0. The fourth-order valence-corrected chi connectivity index (χ4v) is 4.65. The van der Waals surface area contributed by atoms with Crippen molar-refractivity contribution in [2.45, 2.75) is 56.7 Å². The van der Waals surface area contributed by atoms with Crippen molar-refractivity contribution in [1.29, 1.82) is 5.26 Å². The van der Waals surface area contributed by atoms with E-state index in [1.807, 2.05) is 24.3 Å². The van der Waals surface area contributed by atoms with Crippen molar-refractivity contribution in [1.82, 2.24) is 4.72 Å². The van der Waals surface area contributed by atoms with Crippen molar-refractivity contribution in [3.8, 4) is 17.2 Å². The number of hydrogen-bond donors (Lipinski definition) is 1. The molecule has 0 heterocycles. The quantitative estimate of drug-likeness (QED) is 0.806. The Kier molecular flexibility index (Phi) is 5.98. The van der Waals surface area contributed by atoms with Crippen LogP contribution in [0.2, 0.25) is 0 Å². The van der Waals surface area contributed by atoms with Crippen molar-refractivity contribution in [3.05, 3.63) is 59.7 Å². The number of sulfonamides is 1. The Hall–Kier alpha value is -2.16. The highest BCUT2D eigenvalue weighted by molar-refractivity contribution is 7.90. The molecular formula is C22H26N2O2S. The van der Waals surface area contributed by atoms with E-state index in [0.717, 1.165) is 36.0 Å². The monoisotopic (exact) mass is 382 g/mol. The number of nitrogens with zero attached hydrogens (tertiary/aromatic N) is 1. The number of nitriles is 1. The van der Waals surface area contributed by atoms with Crippen molar-refractivity contribution in [2.75, 3.05) is 0 Å². The number of nitrogens with one attached hydrogen (secondary N) is 1. The lowest BCUT2D eigenvalue weighted by Crippen LogP contribution is -2.40. The van der Waals surface area contributed by atoms with Crippen LogP contribution < -0.4 is 4.72 Å². The minimum absolute atomic E-state index is 0.0199. The second-order valence-corrected chi connectivity index (χ2v) is 9.78. The Morgan fingerprint density at radius 3 is 2.19 bits per heavy atom. The molecule has 2 aromatic carbocycles. The van der Waals surface area contributed by atoms with Gasteiger partial charge in [-0.15, -0.1) is 0 Å². The van der Waals surface area contributed by atoms with Crippen LogP contribution in [-0.4, -0.2) is 19.7 Å². The zero-order valence-electron chi connectivity index (χ0n) is 15.9. The lowest BCUT2D eigenvalue weighted by atomic mass is 9.92. The Bertz CT molecular complexity index is 910. The van der Waals surface area contributed by atoms with Gasteiger partial charge in [0.15, 0.2) is 0 Å². The van der Waals surface area contributed by atoms with Crippen molar-refractivity contribution < 1.29 is 8.42 Å². The largest absolute Gasteiger partial charge is 0.214 e. The van der Waals surface area contributed by atoms with Crippen LogP contribution >= 0.6 is 0 Å². The topological polar surface area (TPSA) is 70.0 Å². The van der Waals surface area contributed by atoms with Crippen LogP contribution in [0.25, 0.3) is 11.1 Å². The third-order valence-electron chi connectivity index (χ3n) is 5.36. The maximum atomic E-state index is 12.2. The smallest absolute Gasteiger partial charge is 0.212 e. The molecule has 1 fully saturated rings. The third-order valence-corrected chi connectivity index (χ3v) is 7.23. The maximum absolute atomic E-state index is 12.2. The molecular weight excluding hydrogens is 356 g/mol. The summed E-state index contributed by atoms with van der Waals surface area (Å²) in [6.45, 7) is 3.42. The molecule has 1 N–H and O–H groups in total. The minimum atomic E-state index is -3.26. The van der Waals surface area contributed by atoms with Gasteiger partial charge < -0.3 is 0 Å². The van der Waals surface area contributed by atoms with Gasteiger partial charge in [0, 0.05) is 12.0 Å². The lowest BCUT2D eigenvalue weighted by Gasteiger charge is -2.23. The predicted octanol–water partition coefficient (Wildman–Crippen LogP) is 4.38. The van der Waals surface area contributed by atoms with E-state index in [4.69, 9.17) is 5.26 Å². The van der Waals surface area contributed by atoms with Crippen LogP contribution in [0.4, 0.5) is 0 Å². The first-order valence-corrected chi connectivity index (χ1v) is 11.0. The van der Waals surface area contributed by atoms with E-state index >= 15 is 0 Å². The molecule has 2 aromatic rings. The number of benzene rings is 2. The highest BCUT2D eigenvalue weighted by Crippen LogP contribution is 2.36. The normalized spacial score (nSPS) is 19.9. The lowest BCUT2D eigenvalue weighted by molar-refractivity contribution is 0.519. The second-order valence-electron chi connectivity index (χ2n) is 7.51. The van der Waals surface area contributed by atoms with Crippen LogP contribution in [0.15, 0.2) is 48.5 Å². The number of rotatable bonds is 6. The summed E-state index contributed by atoms with van der Waals surface area (Å²) in [6, 6.07) is 18.6. The molecule has 0 aromatic heterocycles. The molecule has 1 aliphatic rings. The molecule has 4 nitrogen and oxygen atoms in total. The fraction of sp³-hybridized carbons (Fsp3) is 0.409. The summed E-state index contributed by atoms with van der Waals surface area (Å²) < 4.78 is 27.4. The molecule has 0 amide bonds. The Morgan fingerprint density at radius 1 is 1.04 bits per heavy atom. The Balaban J connectivity index is 1.75. The van der Waals surface area contributed by atoms with Gasteiger partial charge in [-0.1, -0.05) is 55.0 Å². The Morgan fingerprint density at radius 2 is 1.63 bits per heavy atom. The highest BCUT2D eigenvalue weighted by Gasteiger charge is 2.32. The van der Waals surface area contributed by atoms with Crippen molar-refractivity contribution in [3.63, 3.8) is 0 Å². The molecule has 5 heteroatoms. The van der Waals surface area contributed by atoms with Gasteiger partial charge in [-0.2, -0.15) is 5.26 Å². The summed E-state index contributed by atoms with van der Waals surface area (Å²) in [7, 11) is -3.26. The summed E-state index contributed by atoms with van der Waals surface area (Å²) in [5.41, 5.74) is 4.45. The summed E-state index contributed by atoms with van der Waals surface area (Å²) in [5.74, 6) is 0.227. The van der Waals surface area contributed by atoms with Crippen LogP contribution in [0.3, 0.4) is 0 Å². The standard InChI is InChI=1S/C22H26N2O2S/c1-16(2)27(25,26)24-22-5-3-4-21(22)20-12-10-19(11-13-20)18-8-6-17(7-9-18)14-15-23/h6-13,16,21-22,24H,3-5,14H2,1-2H3/t21-,22+/m1/s1. The van der Waals surface area contributed by atoms with Gasteiger partial charge in [-0.05, 0) is 48.9 Å². The molecule has 0 saturated heterocycles. The van der Waals surface area contributed by atoms with Gasteiger partial charge in [0.05, 0.1) is 17.7 Å². The van der Waals surface area contributed by atoms with Crippen LogP contribution in [-0.2, 0) is 16.4 Å². The average Bonchev–Trinajstić information content (AvgIpc) is 3.10. The average molecular weight is 383 g/mol. The zero-order valence-corrected chi connectivity index (χ0v) is 16.7. The molecule has 0 unspecified atom stereocenters. The van der Waals surface area contributed by atoms with E-state index in [9.17, 15) is 8.42 Å². The highest BCUT2D eigenvalue weighted by atomic mass is 32.2. The van der Waals surface area contributed by atoms with E-state index in [0.29, 0.717) is 6.42 Å². The van der Waals surface area contributed by atoms with Gasteiger partial charge in [-0.25, -0.2) is 13.1 Å². The molecule has 3 rings (SSSR count). The molecule has 0 bridgehead atoms. The first kappa shape index (κ1) is 19.6. The Labute approximate surface area is 162 Å². The van der Waals surface area contributed by atoms with Gasteiger partial charge >= 0.3 is 0 Å². The van der Waals surface area contributed by atoms with E-state index in [1.54, 1.807) is 13.8 Å². The minimum Gasteiger partial charge on any atom is -0.212 e. The fourth-order valence-electron chi connectivity index (χ4n) is 3.68. The van der Waals surface area contributed by atoms with Crippen LogP contribution in [0, 0.1) is 11.3 Å². The van der Waals surface area contributed by atoms with Gasteiger partial charge in [0.25, 0.3) is 0 Å². The summed E-state index contributed by atoms with van der Waals surface area (Å²) in [6.07, 6.45) is 3.36. The summed E-state index contributed by atoms with van der Waals surface area (Å²) in [4.78, 5) is 0. The van der Waals surface area contributed by atoms with Crippen molar-refractivity contribution >= 4 is 10.0 Å². The van der Waals surface area contributed by atoms with E-state index in [2.05, 4.69) is 35.1 Å². The van der Waals surface area contributed by atoms with E-state index < -0.39 is 15.3 Å². The van der Waals surface area contributed by atoms with E-state index in [1.165, 1.54) is 5.56 Å². The second kappa shape index (κ2) is 8.24. The molecule has 2 atom stereocenters. The maximum Gasteiger partial charge on any atom is 0.214 e. The zero-order chi connectivity index (χ0) is 19.4. The molecule has 0 aliphatic heterocycles. The molecule has 27 heavy (non-hydrogen) atoms. The van der Waals surface area contributed by atoms with Gasteiger partial charge in [0.2, 0.25) is 10.0 Å². The van der Waals surface area contributed by atoms with Gasteiger partial charge in [-0.3, -0.25) is 0 Å². The first-order valence-electron chi connectivity index (χ1n) is 9.48. The summed E-state index contributed by atoms with van der Waals surface area (Å²) in [5, 5.41) is 8.36. The SMILES string of the molecule is CC(C)S(=O)(=O)N[C@H]1CCC[C@@H]1c1ccc(-c2ccc(CC#N)cc2)cc1. The van der Waals surface area contributed by atoms with Crippen molar-refractivity contribution in [2.24, 2.45) is 0 Å². The molecule has 1 aliphatic carbocycles. The first-order chi connectivity index (χ1) is 12.9. The number of hydrogen-bond acceptors (Lipinski definition) is 3. The molecule has 1 saturated carbocycles. The predicted molar refractivity (Wildman–Crippen MR) is 109 cm³/mol. The van der Waals surface area contributed by atoms with E-state index in [-0.39, 0.29) is 12.0 Å². The van der Waals surface area contributed by atoms with Crippen LogP contribution in [0.5, 0.6) is 0 Å². The third kappa shape index (κ3) is 4.58. The van der Waals surface area contributed by atoms with Crippen LogP contribution in [0.1, 0.15) is 50.2 Å². The molecule has 0 radical (unpaired) electrons.